The minimum absolute atomic E-state index is 0.196. The second-order valence-corrected chi connectivity index (χ2v) is 7.12. The van der Waals surface area contributed by atoms with Gasteiger partial charge in [0, 0.05) is 17.4 Å². The molecule has 0 atom stereocenters. The SMILES string of the molecule is COc1cc2c(cc1B1OC(C)(C)C(C)(C)O1)C(=O)CCC2. The number of carbonyl (C=O) groups excluding carboxylic acids is 1. The molecular formula is C17H23BO4. The van der Waals surface area contributed by atoms with E-state index in [4.69, 9.17) is 14.0 Å². The molecule has 0 bridgehead atoms. The monoisotopic (exact) mass is 302 g/mol. The smallest absolute Gasteiger partial charge is 0.497 e. The first-order valence-corrected chi connectivity index (χ1v) is 7.85. The van der Waals surface area contributed by atoms with Crippen molar-refractivity contribution >= 4 is 18.4 Å². The number of aryl methyl sites for hydroxylation is 1. The van der Waals surface area contributed by atoms with Crippen LogP contribution in [-0.4, -0.2) is 31.2 Å². The number of benzene rings is 1. The minimum Gasteiger partial charge on any atom is -0.497 e. The molecule has 3 rings (SSSR count). The van der Waals surface area contributed by atoms with Crippen LogP contribution in [-0.2, 0) is 15.7 Å². The number of ether oxygens (including phenoxy) is 1. The summed E-state index contributed by atoms with van der Waals surface area (Å²) in [6.07, 6.45) is 2.44. The molecule has 1 fully saturated rings. The van der Waals surface area contributed by atoms with E-state index < -0.39 is 18.3 Å². The maximum Gasteiger partial charge on any atom is 0.498 e. The number of ketones is 1. The molecule has 0 unspecified atom stereocenters. The lowest BCUT2D eigenvalue weighted by molar-refractivity contribution is 0.00578. The number of carbonyl (C=O) groups is 1. The maximum absolute atomic E-state index is 12.2. The molecule has 118 valence electrons. The van der Waals surface area contributed by atoms with Gasteiger partial charge in [0.25, 0.3) is 0 Å². The van der Waals surface area contributed by atoms with E-state index in [9.17, 15) is 4.79 Å². The number of methoxy groups -OCH3 is 1. The summed E-state index contributed by atoms with van der Waals surface area (Å²) in [7, 11) is 1.13. The molecule has 5 heteroatoms. The Hall–Kier alpha value is -1.33. The van der Waals surface area contributed by atoms with E-state index in [0.717, 1.165) is 35.2 Å². The normalized spacial score (nSPS) is 22.6. The highest BCUT2D eigenvalue weighted by molar-refractivity contribution is 6.63. The van der Waals surface area contributed by atoms with Gasteiger partial charge in [0.05, 0.1) is 18.3 Å². The first-order valence-electron chi connectivity index (χ1n) is 7.85. The quantitative estimate of drug-likeness (QED) is 0.788. The van der Waals surface area contributed by atoms with Gasteiger partial charge in [0.1, 0.15) is 5.75 Å². The average Bonchev–Trinajstić information content (AvgIpc) is 2.66. The van der Waals surface area contributed by atoms with Crippen molar-refractivity contribution in [2.24, 2.45) is 0 Å². The van der Waals surface area contributed by atoms with Crippen LogP contribution in [0, 0.1) is 0 Å². The van der Waals surface area contributed by atoms with Crippen molar-refractivity contribution in [3.63, 3.8) is 0 Å². The fraction of sp³-hybridized carbons (Fsp3) is 0.588. The summed E-state index contributed by atoms with van der Waals surface area (Å²) < 4.78 is 17.7. The van der Waals surface area contributed by atoms with Gasteiger partial charge in [-0.1, -0.05) is 0 Å². The first-order chi connectivity index (χ1) is 10.2. The largest absolute Gasteiger partial charge is 0.498 e. The zero-order valence-electron chi connectivity index (χ0n) is 14.0. The molecule has 1 aromatic carbocycles. The summed E-state index contributed by atoms with van der Waals surface area (Å²) in [5.74, 6) is 0.925. The molecule has 0 radical (unpaired) electrons. The van der Waals surface area contributed by atoms with Crippen LogP contribution >= 0.6 is 0 Å². The van der Waals surface area contributed by atoms with Gasteiger partial charge in [-0.3, -0.25) is 4.79 Å². The third kappa shape index (κ3) is 2.36. The average molecular weight is 302 g/mol. The molecule has 0 saturated carbocycles. The molecule has 2 aliphatic rings. The number of Topliss-reactive ketones (excluding diaryl/α,β-unsaturated/α-hetero) is 1. The molecule has 0 amide bonds. The van der Waals surface area contributed by atoms with Crippen LogP contribution < -0.4 is 10.2 Å². The van der Waals surface area contributed by atoms with E-state index >= 15 is 0 Å². The van der Waals surface area contributed by atoms with Crippen LogP contribution in [0.2, 0.25) is 0 Å². The molecule has 0 N–H and O–H groups in total. The van der Waals surface area contributed by atoms with Crippen molar-refractivity contribution in [1.29, 1.82) is 0 Å². The van der Waals surface area contributed by atoms with Gasteiger partial charge < -0.3 is 14.0 Å². The maximum atomic E-state index is 12.2. The molecule has 0 aromatic heterocycles. The predicted molar refractivity (Wildman–Crippen MR) is 86.0 cm³/mol. The van der Waals surface area contributed by atoms with Gasteiger partial charge in [-0.15, -0.1) is 0 Å². The van der Waals surface area contributed by atoms with E-state index in [1.807, 2.05) is 39.8 Å². The van der Waals surface area contributed by atoms with Crippen LogP contribution in [0.3, 0.4) is 0 Å². The van der Waals surface area contributed by atoms with E-state index in [1.165, 1.54) is 0 Å². The molecule has 4 nitrogen and oxygen atoms in total. The Balaban J connectivity index is 2.04. The van der Waals surface area contributed by atoms with Crippen molar-refractivity contribution in [3.8, 4) is 5.75 Å². The summed E-state index contributed by atoms with van der Waals surface area (Å²) >= 11 is 0. The van der Waals surface area contributed by atoms with Crippen molar-refractivity contribution in [1.82, 2.24) is 0 Å². The van der Waals surface area contributed by atoms with Crippen LogP contribution in [0.25, 0.3) is 0 Å². The van der Waals surface area contributed by atoms with Crippen molar-refractivity contribution < 1.29 is 18.8 Å². The molecule has 22 heavy (non-hydrogen) atoms. The van der Waals surface area contributed by atoms with E-state index in [2.05, 4.69) is 0 Å². The molecule has 1 aromatic rings. The highest BCUT2D eigenvalue weighted by atomic mass is 16.7. The topological polar surface area (TPSA) is 44.8 Å². The predicted octanol–water partition coefficient (Wildman–Crippen LogP) is 2.51. The van der Waals surface area contributed by atoms with Gasteiger partial charge in [0.15, 0.2) is 5.78 Å². The van der Waals surface area contributed by atoms with E-state index in [-0.39, 0.29) is 5.78 Å². The molecule has 1 saturated heterocycles. The van der Waals surface area contributed by atoms with Gasteiger partial charge in [-0.25, -0.2) is 0 Å². The highest BCUT2D eigenvalue weighted by Gasteiger charge is 2.52. The number of hydrogen-bond donors (Lipinski definition) is 0. The highest BCUT2D eigenvalue weighted by Crippen LogP contribution is 2.37. The molecular weight excluding hydrogens is 279 g/mol. The number of rotatable bonds is 2. The zero-order chi connectivity index (χ0) is 16.1. The lowest BCUT2D eigenvalue weighted by Gasteiger charge is -2.32. The van der Waals surface area contributed by atoms with Crippen LogP contribution in [0.5, 0.6) is 5.75 Å². The Morgan fingerprint density at radius 3 is 2.32 bits per heavy atom. The zero-order valence-corrected chi connectivity index (χ0v) is 14.0. The Bertz CT molecular complexity index is 605. The lowest BCUT2D eigenvalue weighted by Crippen LogP contribution is -2.41. The fourth-order valence-corrected chi connectivity index (χ4v) is 3.01. The van der Waals surface area contributed by atoms with Crippen molar-refractivity contribution in [3.05, 3.63) is 23.3 Å². The van der Waals surface area contributed by atoms with E-state index in [1.54, 1.807) is 7.11 Å². The van der Waals surface area contributed by atoms with Crippen LogP contribution in [0.4, 0.5) is 0 Å². The number of hydrogen-bond acceptors (Lipinski definition) is 4. The Labute approximate surface area is 132 Å². The second kappa shape index (κ2) is 5.10. The molecule has 1 heterocycles. The molecule has 1 aliphatic heterocycles. The molecule has 0 spiro atoms. The van der Waals surface area contributed by atoms with Crippen LogP contribution in [0.1, 0.15) is 56.5 Å². The Kier molecular flexibility index (Phi) is 3.61. The van der Waals surface area contributed by atoms with Crippen LogP contribution in [0.15, 0.2) is 12.1 Å². The Morgan fingerprint density at radius 2 is 1.73 bits per heavy atom. The van der Waals surface area contributed by atoms with Gasteiger partial charge >= 0.3 is 7.12 Å². The van der Waals surface area contributed by atoms with Crippen molar-refractivity contribution in [2.45, 2.75) is 58.2 Å². The lowest BCUT2D eigenvalue weighted by atomic mass is 9.75. The van der Waals surface area contributed by atoms with Gasteiger partial charge in [-0.2, -0.15) is 0 Å². The third-order valence-corrected chi connectivity index (χ3v) is 5.11. The van der Waals surface area contributed by atoms with E-state index in [0.29, 0.717) is 6.42 Å². The fourth-order valence-electron chi connectivity index (χ4n) is 3.01. The van der Waals surface area contributed by atoms with Gasteiger partial charge in [-0.05, 0) is 58.2 Å². The first kappa shape index (κ1) is 15.6. The Morgan fingerprint density at radius 1 is 1.09 bits per heavy atom. The second-order valence-electron chi connectivity index (χ2n) is 7.12. The summed E-state index contributed by atoms with van der Waals surface area (Å²) in [4.78, 5) is 12.2. The summed E-state index contributed by atoms with van der Waals surface area (Å²) in [5.41, 5.74) is 1.82. The molecule has 1 aliphatic carbocycles. The van der Waals surface area contributed by atoms with Crippen molar-refractivity contribution in [2.75, 3.05) is 7.11 Å². The standard InChI is InChI=1S/C17H23BO4/c1-16(2)17(3,4)22-18(21-16)13-10-12-11(9-15(13)20-5)7-6-8-14(12)19/h9-10H,6-8H2,1-5H3. The number of fused-ring (bicyclic) bond motifs is 1. The summed E-state index contributed by atoms with van der Waals surface area (Å²) in [5, 5.41) is 0. The third-order valence-electron chi connectivity index (χ3n) is 5.11. The minimum atomic E-state index is -0.514. The summed E-state index contributed by atoms with van der Waals surface area (Å²) in [6.45, 7) is 8.07. The summed E-state index contributed by atoms with van der Waals surface area (Å²) in [6, 6.07) is 3.87. The van der Waals surface area contributed by atoms with Gasteiger partial charge in [0.2, 0.25) is 0 Å².